The molecule has 28 heavy (non-hydrogen) atoms. The molecule has 0 N–H and O–H groups in total. The van der Waals surface area contributed by atoms with Crippen LogP contribution in [-0.2, 0) is 14.4 Å². The van der Waals surface area contributed by atoms with Crippen molar-refractivity contribution >= 4 is 35.0 Å². The van der Waals surface area contributed by atoms with Crippen LogP contribution in [-0.4, -0.2) is 53.3 Å². The smallest absolute Gasteiger partial charge is 0.248 e. The number of nitrogens with zero attached hydrogens (tertiary/aromatic N) is 3. The molecule has 0 atom stereocenters. The second kappa shape index (κ2) is 8.95. The number of amides is 3. The fraction of sp³-hybridized carbons (Fsp3) is 0.571. The minimum Gasteiger partial charge on any atom is -0.330 e. The molecule has 1 aliphatic heterocycles. The van der Waals surface area contributed by atoms with Gasteiger partial charge in [0.15, 0.2) is 0 Å². The van der Waals surface area contributed by atoms with Gasteiger partial charge in [0.2, 0.25) is 17.7 Å². The third-order valence-corrected chi connectivity index (χ3v) is 5.84. The summed E-state index contributed by atoms with van der Waals surface area (Å²) in [4.78, 5) is 42.7. The van der Waals surface area contributed by atoms with Crippen LogP contribution in [0.5, 0.6) is 0 Å². The van der Waals surface area contributed by atoms with Crippen LogP contribution in [0.25, 0.3) is 0 Å². The summed E-state index contributed by atoms with van der Waals surface area (Å²) >= 11 is 6.17. The van der Waals surface area contributed by atoms with Gasteiger partial charge in [-0.1, -0.05) is 37.4 Å². The minimum absolute atomic E-state index is 0.0350. The molecule has 1 aliphatic carbocycles. The van der Waals surface area contributed by atoms with Crippen molar-refractivity contribution in [2.45, 2.75) is 58.4 Å². The van der Waals surface area contributed by atoms with Gasteiger partial charge in [0.25, 0.3) is 0 Å². The molecule has 2 fully saturated rings. The van der Waals surface area contributed by atoms with Crippen LogP contribution in [0.4, 0.5) is 5.69 Å². The zero-order chi connectivity index (χ0) is 20.3. The maximum Gasteiger partial charge on any atom is 0.248 e. The number of hydrogen-bond donors (Lipinski definition) is 0. The molecule has 3 amide bonds. The van der Waals surface area contributed by atoms with Crippen molar-refractivity contribution in [3.05, 3.63) is 28.8 Å². The summed E-state index contributed by atoms with van der Waals surface area (Å²) in [5.74, 6) is -0.255. The summed E-state index contributed by atoms with van der Waals surface area (Å²) in [6, 6.07) is 5.59. The fourth-order valence-corrected chi connectivity index (χ4v) is 3.71. The van der Waals surface area contributed by atoms with Gasteiger partial charge in [-0.2, -0.15) is 0 Å². The van der Waals surface area contributed by atoms with Gasteiger partial charge in [0.1, 0.15) is 19.8 Å². The average molecular weight is 406 g/mol. The Hall–Kier alpha value is -2.08. The van der Waals surface area contributed by atoms with E-state index in [1.54, 1.807) is 21.9 Å². The Morgan fingerprint density at radius 2 is 2.00 bits per heavy atom. The SMILES string of the molecule is CCCCCC(=O)N(CC(=O)N1CC(=O)N(c2cccc(Cl)c2C)C1)C1CC1. The summed E-state index contributed by atoms with van der Waals surface area (Å²) in [6.45, 7) is 4.25. The highest BCUT2D eigenvalue weighted by molar-refractivity contribution is 6.31. The van der Waals surface area contributed by atoms with Gasteiger partial charge in [-0.3, -0.25) is 19.3 Å². The Morgan fingerprint density at radius 1 is 1.25 bits per heavy atom. The van der Waals surface area contributed by atoms with Crippen LogP contribution in [0.2, 0.25) is 5.02 Å². The second-order valence-corrected chi connectivity index (χ2v) is 8.06. The van der Waals surface area contributed by atoms with E-state index in [1.165, 1.54) is 4.90 Å². The zero-order valence-electron chi connectivity index (χ0n) is 16.6. The molecule has 2 aliphatic rings. The summed E-state index contributed by atoms with van der Waals surface area (Å²) in [7, 11) is 0. The van der Waals surface area contributed by atoms with Gasteiger partial charge in [-0.15, -0.1) is 0 Å². The molecule has 1 heterocycles. The number of carbonyl (C=O) groups excluding carboxylic acids is 3. The quantitative estimate of drug-likeness (QED) is 0.623. The van der Waals surface area contributed by atoms with Crippen molar-refractivity contribution in [1.29, 1.82) is 0 Å². The predicted octanol–water partition coefficient (Wildman–Crippen LogP) is 3.35. The molecule has 1 aromatic rings. The van der Waals surface area contributed by atoms with E-state index in [-0.39, 0.29) is 43.5 Å². The van der Waals surface area contributed by atoms with Gasteiger partial charge in [-0.25, -0.2) is 0 Å². The molecule has 0 unspecified atom stereocenters. The molecule has 1 aromatic carbocycles. The molecular formula is C21H28ClN3O3. The number of benzene rings is 1. The van der Waals surface area contributed by atoms with E-state index >= 15 is 0 Å². The first-order valence-corrected chi connectivity index (χ1v) is 10.4. The van der Waals surface area contributed by atoms with Crippen LogP contribution in [0.3, 0.4) is 0 Å². The van der Waals surface area contributed by atoms with Crippen LogP contribution in [0.1, 0.15) is 51.0 Å². The molecule has 1 saturated heterocycles. The van der Waals surface area contributed by atoms with E-state index in [2.05, 4.69) is 6.92 Å². The van der Waals surface area contributed by atoms with Crippen LogP contribution >= 0.6 is 11.6 Å². The first-order chi connectivity index (χ1) is 13.4. The normalized spacial score (nSPS) is 16.6. The van der Waals surface area contributed by atoms with Crippen molar-refractivity contribution < 1.29 is 14.4 Å². The lowest BCUT2D eigenvalue weighted by molar-refractivity contribution is -0.140. The summed E-state index contributed by atoms with van der Waals surface area (Å²) in [5, 5.41) is 0.590. The van der Waals surface area contributed by atoms with Gasteiger partial charge in [0.05, 0.1) is 0 Å². The van der Waals surface area contributed by atoms with Gasteiger partial charge in [0, 0.05) is 23.2 Å². The summed E-state index contributed by atoms with van der Waals surface area (Å²) < 4.78 is 0. The van der Waals surface area contributed by atoms with Crippen LogP contribution in [0, 0.1) is 6.92 Å². The Kier molecular flexibility index (Phi) is 6.60. The Bertz CT molecular complexity index is 763. The third kappa shape index (κ3) is 4.66. The molecule has 6 nitrogen and oxygen atoms in total. The lowest BCUT2D eigenvalue weighted by Crippen LogP contribution is -2.43. The first-order valence-electron chi connectivity index (χ1n) is 10.0. The number of rotatable bonds is 8. The highest BCUT2D eigenvalue weighted by atomic mass is 35.5. The van der Waals surface area contributed by atoms with Crippen LogP contribution in [0.15, 0.2) is 18.2 Å². The number of anilines is 1. The largest absolute Gasteiger partial charge is 0.330 e. The predicted molar refractivity (Wildman–Crippen MR) is 109 cm³/mol. The Morgan fingerprint density at radius 3 is 2.68 bits per heavy atom. The highest BCUT2D eigenvalue weighted by Gasteiger charge is 2.37. The van der Waals surface area contributed by atoms with E-state index in [9.17, 15) is 14.4 Å². The monoisotopic (exact) mass is 405 g/mol. The van der Waals surface area contributed by atoms with Gasteiger partial charge >= 0.3 is 0 Å². The fourth-order valence-electron chi connectivity index (χ4n) is 3.54. The first kappa shape index (κ1) is 20.6. The lowest BCUT2D eigenvalue weighted by Gasteiger charge is -2.25. The van der Waals surface area contributed by atoms with E-state index in [0.29, 0.717) is 11.4 Å². The van der Waals surface area contributed by atoms with E-state index in [0.717, 1.165) is 43.4 Å². The van der Waals surface area contributed by atoms with Crippen molar-refractivity contribution in [2.75, 3.05) is 24.7 Å². The maximum absolute atomic E-state index is 12.8. The maximum atomic E-state index is 12.8. The molecule has 0 bridgehead atoms. The number of hydrogen-bond acceptors (Lipinski definition) is 3. The lowest BCUT2D eigenvalue weighted by atomic mass is 10.2. The topological polar surface area (TPSA) is 60.9 Å². The second-order valence-electron chi connectivity index (χ2n) is 7.65. The zero-order valence-corrected chi connectivity index (χ0v) is 17.4. The van der Waals surface area contributed by atoms with Crippen LogP contribution < -0.4 is 4.90 Å². The molecular weight excluding hydrogens is 378 g/mol. The van der Waals surface area contributed by atoms with E-state index in [1.807, 2.05) is 13.0 Å². The van der Waals surface area contributed by atoms with Crippen molar-refractivity contribution in [1.82, 2.24) is 9.80 Å². The van der Waals surface area contributed by atoms with Crippen molar-refractivity contribution in [2.24, 2.45) is 0 Å². The van der Waals surface area contributed by atoms with Crippen molar-refractivity contribution in [3.8, 4) is 0 Å². The van der Waals surface area contributed by atoms with Gasteiger partial charge < -0.3 is 9.80 Å². The minimum atomic E-state index is -0.175. The molecule has 7 heteroatoms. The molecule has 0 radical (unpaired) electrons. The third-order valence-electron chi connectivity index (χ3n) is 5.43. The number of carbonyl (C=O) groups is 3. The Balaban J connectivity index is 1.63. The van der Waals surface area contributed by atoms with Crippen molar-refractivity contribution in [3.63, 3.8) is 0 Å². The van der Waals surface area contributed by atoms with E-state index < -0.39 is 0 Å². The average Bonchev–Trinajstić information content (AvgIpc) is 3.43. The molecule has 0 aromatic heterocycles. The van der Waals surface area contributed by atoms with E-state index in [4.69, 9.17) is 11.6 Å². The standard InChI is InChI=1S/C21H28ClN3O3/c1-3-4-5-9-19(26)24(16-10-11-16)13-20(27)23-12-21(28)25(14-23)18-8-6-7-17(22)15(18)2/h6-8,16H,3-5,9-14H2,1-2H3. The molecule has 1 saturated carbocycles. The Labute approximate surface area is 171 Å². The van der Waals surface area contributed by atoms with Gasteiger partial charge in [-0.05, 0) is 43.9 Å². The summed E-state index contributed by atoms with van der Waals surface area (Å²) in [5.41, 5.74) is 1.54. The molecule has 3 rings (SSSR count). The number of halogens is 1. The molecule has 0 spiro atoms. The molecule has 152 valence electrons. The highest BCUT2D eigenvalue weighted by Crippen LogP contribution is 2.30. The number of unbranched alkanes of at least 4 members (excludes halogenated alkanes) is 2. The summed E-state index contributed by atoms with van der Waals surface area (Å²) in [6.07, 6.45) is 5.34.